The van der Waals surface area contributed by atoms with Gasteiger partial charge in [0.05, 0.1) is 5.39 Å². The Morgan fingerprint density at radius 1 is 1.50 bits per heavy atom. The van der Waals surface area contributed by atoms with Crippen molar-refractivity contribution in [2.45, 2.75) is 19.8 Å². The fraction of sp³-hybridized carbons (Fsp3) is 0.273. The number of carboxylic acid groups (broad SMARTS) is 1. The van der Waals surface area contributed by atoms with Gasteiger partial charge in [-0.15, -0.1) is 11.3 Å². The zero-order valence-electron chi connectivity index (χ0n) is 8.90. The van der Waals surface area contributed by atoms with Crippen molar-refractivity contribution >= 4 is 27.5 Å². The molecule has 2 heterocycles. The molecule has 16 heavy (non-hydrogen) atoms. The van der Waals surface area contributed by atoms with Crippen molar-refractivity contribution in [3.05, 3.63) is 32.9 Å². The molecule has 0 atom stereocenters. The number of hydrogen-bond acceptors (Lipinski definition) is 3. The maximum atomic E-state index is 11.8. The number of fused-ring (bicyclic) bond motifs is 1. The third-order valence-corrected chi connectivity index (χ3v) is 3.75. The summed E-state index contributed by atoms with van der Waals surface area (Å²) in [5.74, 6) is -0.862. The summed E-state index contributed by atoms with van der Waals surface area (Å²) in [7, 11) is 0. The van der Waals surface area contributed by atoms with Crippen molar-refractivity contribution in [2.75, 3.05) is 0 Å². The van der Waals surface area contributed by atoms with Crippen LogP contribution in [0.2, 0.25) is 0 Å². The molecule has 0 fully saturated rings. The van der Waals surface area contributed by atoms with Gasteiger partial charge in [0.1, 0.15) is 10.4 Å². The average Bonchev–Trinajstić information content (AvgIpc) is 2.62. The first-order chi connectivity index (χ1) is 7.50. The maximum Gasteiger partial charge on any atom is 0.341 e. The summed E-state index contributed by atoms with van der Waals surface area (Å²) < 4.78 is 0. The first kappa shape index (κ1) is 10.9. The zero-order valence-corrected chi connectivity index (χ0v) is 9.72. The fourth-order valence-corrected chi connectivity index (χ4v) is 2.51. The van der Waals surface area contributed by atoms with Crippen molar-refractivity contribution in [3.63, 3.8) is 0 Å². The molecule has 2 aromatic rings. The molecule has 0 aliphatic heterocycles. The van der Waals surface area contributed by atoms with E-state index in [1.807, 2.05) is 13.8 Å². The summed E-state index contributed by atoms with van der Waals surface area (Å²) in [4.78, 5) is 27.3. The van der Waals surface area contributed by atoms with E-state index in [1.54, 1.807) is 6.07 Å². The molecule has 0 saturated carbocycles. The molecule has 5 heteroatoms. The number of thiophene rings is 1. The topological polar surface area (TPSA) is 70.2 Å². The number of aromatic carboxylic acids is 1. The minimum atomic E-state index is -1.19. The summed E-state index contributed by atoms with van der Waals surface area (Å²) in [5.41, 5.74) is -0.620. The van der Waals surface area contributed by atoms with Crippen LogP contribution in [0, 0.1) is 0 Å². The lowest BCUT2D eigenvalue weighted by atomic mass is 10.1. The molecule has 0 spiro atoms. The SMILES string of the molecule is CC(C)c1cc2c(=O)c(C(=O)O)c[nH]c2s1. The van der Waals surface area contributed by atoms with Gasteiger partial charge in [0, 0.05) is 11.1 Å². The van der Waals surface area contributed by atoms with Crippen LogP contribution in [0.15, 0.2) is 17.1 Å². The van der Waals surface area contributed by atoms with E-state index >= 15 is 0 Å². The molecule has 0 saturated heterocycles. The molecule has 0 aromatic carbocycles. The molecule has 0 amide bonds. The van der Waals surface area contributed by atoms with E-state index in [4.69, 9.17) is 5.11 Å². The van der Waals surface area contributed by atoms with Crippen LogP contribution >= 0.6 is 11.3 Å². The molecule has 0 aliphatic carbocycles. The van der Waals surface area contributed by atoms with Gasteiger partial charge in [0.2, 0.25) is 5.43 Å². The lowest BCUT2D eigenvalue weighted by Gasteiger charge is -1.95. The predicted octanol–water partition coefficient (Wildman–Crippen LogP) is 2.41. The fourth-order valence-electron chi connectivity index (χ4n) is 1.48. The highest BCUT2D eigenvalue weighted by molar-refractivity contribution is 7.18. The Kier molecular flexibility index (Phi) is 2.55. The van der Waals surface area contributed by atoms with Gasteiger partial charge < -0.3 is 10.1 Å². The van der Waals surface area contributed by atoms with Gasteiger partial charge >= 0.3 is 5.97 Å². The Balaban J connectivity index is 2.75. The molecule has 84 valence electrons. The summed E-state index contributed by atoms with van der Waals surface area (Å²) in [6.07, 6.45) is 1.26. The van der Waals surface area contributed by atoms with Crippen LogP contribution in [-0.2, 0) is 0 Å². The smallest absolute Gasteiger partial charge is 0.341 e. The lowest BCUT2D eigenvalue weighted by molar-refractivity contribution is 0.0695. The van der Waals surface area contributed by atoms with Crippen LogP contribution in [0.1, 0.15) is 35.0 Å². The molecule has 0 radical (unpaired) electrons. The van der Waals surface area contributed by atoms with E-state index in [9.17, 15) is 9.59 Å². The third-order valence-electron chi connectivity index (χ3n) is 2.39. The lowest BCUT2D eigenvalue weighted by Crippen LogP contribution is -2.14. The molecular formula is C11H11NO3S. The molecule has 0 bridgehead atoms. The van der Waals surface area contributed by atoms with E-state index in [0.717, 1.165) is 9.71 Å². The van der Waals surface area contributed by atoms with Gasteiger partial charge in [-0.2, -0.15) is 0 Å². The van der Waals surface area contributed by atoms with E-state index in [0.29, 0.717) is 11.3 Å². The van der Waals surface area contributed by atoms with Crippen molar-refractivity contribution in [3.8, 4) is 0 Å². The zero-order chi connectivity index (χ0) is 11.9. The van der Waals surface area contributed by atoms with Crippen molar-refractivity contribution in [1.29, 1.82) is 0 Å². The number of nitrogens with one attached hydrogen (secondary N) is 1. The molecule has 0 aliphatic rings. The van der Waals surface area contributed by atoms with Crippen molar-refractivity contribution in [1.82, 2.24) is 4.98 Å². The Morgan fingerprint density at radius 2 is 2.19 bits per heavy atom. The molecular weight excluding hydrogens is 226 g/mol. The standard InChI is InChI=1S/C11H11NO3S/c1-5(2)8-3-6-9(13)7(11(14)15)4-12-10(6)16-8/h3-5H,1-2H3,(H,12,13)(H,14,15). The van der Waals surface area contributed by atoms with Crippen LogP contribution in [0.4, 0.5) is 0 Å². The number of hydrogen-bond donors (Lipinski definition) is 2. The van der Waals surface area contributed by atoms with Crippen LogP contribution in [-0.4, -0.2) is 16.1 Å². The average molecular weight is 237 g/mol. The van der Waals surface area contributed by atoms with E-state index in [1.165, 1.54) is 17.5 Å². The summed E-state index contributed by atoms with van der Waals surface area (Å²) in [5, 5.41) is 9.29. The summed E-state index contributed by atoms with van der Waals surface area (Å²) in [6.45, 7) is 4.07. The van der Waals surface area contributed by atoms with Gasteiger partial charge in [-0.25, -0.2) is 4.79 Å². The number of carbonyl (C=O) groups is 1. The maximum absolute atomic E-state index is 11.8. The van der Waals surface area contributed by atoms with E-state index in [2.05, 4.69) is 4.98 Å². The second-order valence-electron chi connectivity index (χ2n) is 3.88. The Labute approximate surface area is 95.6 Å². The Bertz CT molecular complexity index is 609. The Hall–Kier alpha value is -1.62. The molecule has 0 unspecified atom stereocenters. The summed E-state index contributed by atoms with van der Waals surface area (Å²) in [6, 6.07) is 1.77. The van der Waals surface area contributed by atoms with E-state index < -0.39 is 11.4 Å². The minimum absolute atomic E-state index is 0.208. The largest absolute Gasteiger partial charge is 0.477 e. The number of carboxylic acids is 1. The number of rotatable bonds is 2. The molecule has 2 N–H and O–H groups in total. The highest BCUT2D eigenvalue weighted by Gasteiger charge is 2.14. The number of aromatic amines is 1. The normalized spacial score (nSPS) is 11.2. The van der Waals surface area contributed by atoms with Crippen LogP contribution in [0.5, 0.6) is 0 Å². The van der Waals surface area contributed by atoms with Crippen LogP contribution < -0.4 is 5.43 Å². The predicted molar refractivity (Wildman–Crippen MR) is 63.5 cm³/mol. The Morgan fingerprint density at radius 3 is 2.75 bits per heavy atom. The quantitative estimate of drug-likeness (QED) is 0.842. The second-order valence-corrected chi connectivity index (χ2v) is 4.97. The molecule has 4 nitrogen and oxygen atoms in total. The second kappa shape index (κ2) is 3.75. The van der Waals surface area contributed by atoms with Crippen molar-refractivity contribution < 1.29 is 9.90 Å². The van der Waals surface area contributed by atoms with Gasteiger partial charge in [-0.3, -0.25) is 4.79 Å². The van der Waals surface area contributed by atoms with E-state index in [-0.39, 0.29) is 5.56 Å². The third kappa shape index (κ3) is 1.63. The van der Waals surface area contributed by atoms with Gasteiger partial charge in [-0.05, 0) is 12.0 Å². The van der Waals surface area contributed by atoms with Crippen LogP contribution in [0.3, 0.4) is 0 Å². The van der Waals surface area contributed by atoms with Gasteiger partial charge in [0.15, 0.2) is 0 Å². The number of aromatic nitrogens is 1. The van der Waals surface area contributed by atoms with Crippen LogP contribution in [0.25, 0.3) is 10.2 Å². The highest BCUT2D eigenvalue weighted by atomic mass is 32.1. The van der Waals surface area contributed by atoms with Gasteiger partial charge in [-0.1, -0.05) is 13.8 Å². The van der Waals surface area contributed by atoms with Gasteiger partial charge in [0.25, 0.3) is 0 Å². The monoisotopic (exact) mass is 237 g/mol. The first-order valence-electron chi connectivity index (χ1n) is 4.89. The molecule has 2 aromatic heterocycles. The number of pyridine rings is 1. The van der Waals surface area contributed by atoms with Crippen molar-refractivity contribution in [2.24, 2.45) is 0 Å². The molecule has 2 rings (SSSR count). The number of H-pyrrole nitrogens is 1. The summed E-state index contributed by atoms with van der Waals surface area (Å²) >= 11 is 1.49. The highest BCUT2D eigenvalue weighted by Crippen LogP contribution is 2.27. The minimum Gasteiger partial charge on any atom is -0.477 e. The first-order valence-corrected chi connectivity index (χ1v) is 5.70.